The topological polar surface area (TPSA) is 26.1 Å². The van der Waals surface area contributed by atoms with Gasteiger partial charge in [-0.3, -0.25) is 0 Å². The van der Waals surface area contributed by atoms with Crippen LogP contribution in [0.3, 0.4) is 0 Å². The molecule has 3 aliphatic carbocycles. The average Bonchev–Trinajstić information content (AvgIpc) is 2.98. The van der Waals surface area contributed by atoms with E-state index in [1.165, 1.54) is 67.4 Å². The Morgan fingerprint density at radius 2 is 1.93 bits per heavy atom. The van der Waals surface area contributed by atoms with Crippen LogP contribution in [-0.4, -0.2) is 17.0 Å². The number of hydrogen-bond donors (Lipinski definition) is 0. The van der Waals surface area contributed by atoms with Crippen molar-refractivity contribution in [2.75, 3.05) is 6.54 Å². The van der Waals surface area contributed by atoms with Gasteiger partial charge in [-0.25, -0.2) is 4.74 Å². The Labute approximate surface area is 173 Å². The molecule has 0 radical (unpaired) electrons. The first-order chi connectivity index (χ1) is 13.3. The lowest BCUT2D eigenvalue weighted by atomic mass is 9.47. The van der Waals surface area contributed by atoms with Crippen LogP contribution in [0.15, 0.2) is 11.6 Å². The highest BCUT2D eigenvalue weighted by atomic mass is 16.5. The predicted molar refractivity (Wildman–Crippen MR) is 118 cm³/mol. The van der Waals surface area contributed by atoms with Gasteiger partial charge in [0.2, 0.25) is 0 Å². The Morgan fingerprint density at radius 3 is 2.68 bits per heavy atom. The van der Waals surface area contributed by atoms with E-state index < -0.39 is 0 Å². The van der Waals surface area contributed by atoms with Gasteiger partial charge in [0.1, 0.15) is 0 Å². The third kappa shape index (κ3) is 3.18. The second-order valence-electron chi connectivity index (χ2n) is 11.5. The van der Waals surface area contributed by atoms with E-state index in [4.69, 9.17) is 0 Å². The summed E-state index contributed by atoms with van der Waals surface area (Å²) in [6.45, 7) is 12.8. The largest absolute Gasteiger partial charge is 0.624 e. The molecule has 0 bridgehead atoms. The van der Waals surface area contributed by atoms with Gasteiger partial charge in [-0.15, -0.1) is 0 Å². The molecule has 0 spiro atoms. The highest BCUT2D eigenvalue weighted by molar-refractivity contribution is 5.87. The van der Waals surface area contributed by atoms with Crippen molar-refractivity contribution in [1.82, 2.24) is 0 Å². The van der Waals surface area contributed by atoms with Crippen LogP contribution in [0.5, 0.6) is 0 Å². The lowest BCUT2D eigenvalue weighted by Crippen LogP contribution is -2.55. The molecule has 0 saturated heterocycles. The number of fused-ring (bicyclic) bond motifs is 5. The van der Waals surface area contributed by atoms with Crippen molar-refractivity contribution in [3.05, 3.63) is 16.9 Å². The summed E-state index contributed by atoms with van der Waals surface area (Å²) in [7, 11) is 0. The number of allylic oxidation sites excluding steroid dienone is 2. The molecule has 2 heteroatoms. The predicted octanol–water partition coefficient (Wildman–Crippen LogP) is 6.97. The summed E-state index contributed by atoms with van der Waals surface area (Å²) in [6.07, 6.45) is 15.4. The minimum absolute atomic E-state index is 0.206. The average molecular weight is 386 g/mol. The first-order valence-corrected chi connectivity index (χ1v) is 12.2. The maximum Gasteiger partial charge on any atom is 0.169 e. The fourth-order valence-electron chi connectivity index (χ4n) is 8.56. The zero-order valence-corrected chi connectivity index (χ0v) is 19.1. The Morgan fingerprint density at radius 1 is 1.14 bits per heavy atom. The van der Waals surface area contributed by atoms with Crippen molar-refractivity contribution in [3.63, 3.8) is 0 Å². The van der Waals surface area contributed by atoms with Crippen LogP contribution in [0.1, 0.15) is 98.8 Å². The van der Waals surface area contributed by atoms with Crippen LogP contribution < -0.4 is 0 Å². The molecule has 2 nitrogen and oxygen atoms in total. The standard InChI is InChI=1S/C26H43NO/c1-18(2)8-6-9-19(3)21-11-12-22-20-10-13-24-26(5,15-7-17-27(24)28)23(20)14-16-25(21,22)4/h8,19-23H,6-7,9-17H2,1-5H3/t19-,20-,21+,22-,23-,25+,26+/m0/s1. The van der Waals surface area contributed by atoms with Gasteiger partial charge < -0.3 is 5.21 Å². The molecule has 3 saturated carbocycles. The van der Waals surface area contributed by atoms with Gasteiger partial charge in [-0.1, -0.05) is 25.5 Å². The summed E-state index contributed by atoms with van der Waals surface area (Å²) >= 11 is 0. The molecule has 0 unspecified atom stereocenters. The normalized spacial score (nSPS) is 43.8. The summed E-state index contributed by atoms with van der Waals surface area (Å²) in [4.78, 5) is 0. The molecule has 0 aromatic carbocycles. The number of hydrogen-bond acceptors (Lipinski definition) is 1. The van der Waals surface area contributed by atoms with Gasteiger partial charge in [0.05, 0.1) is 5.41 Å². The second-order valence-corrected chi connectivity index (χ2v) is 11.5. The Kier molecular flexibility index (Phi) is 5.47. The van der Waals surface area contributed by atoms with Crippen molar-refractivity contribution in [1.29, 1.82) is 0 Å². The van der Waals surface area contributed by atoms with Gasteiger partial charge in [0.15, 0.2) is 12.3 Å². The molecule has 7 atom stereocenters. The molecule has 0 amide bonds. The van der Waals surface area contributed by atoms with E-state index in [0.717, 1.165) is 49.0 Å². The molecule has 28 heavy (non-hydrogen) atoms. The van der Waals surface area contributed by atoms with Crippen molar-refractivity contribution in [2.24, 2.45) is 40.4 Å². The third-order valence-corrected chi connectivity index (χ3v) is 9.92. The van der Waals surface area contributed by atoms with Crippen LogP contribution in [-0.2, 0) is 0 Å². The summed E-state index contributed by atoms with van der Waals surface area (Å²) in [5.41, 5.74) is 3.49. The van der Waals surface area contributed by atoms with Crippen molar-refractivity contribution < 1.29 is 4.74 Å². The van der Waals surface area contributed by atoms with Gasteiger partial charge in [-0.05, 0) is 107 Å². The molecule has 158 valence electrons. The highest BCUT2D eigenvalue weighted by Crippen LogP contribution is 2.66. The smallest absolute Gasteiger partial charge is 0.169 e. The molecule has 4 rings (SSSR count). The summed E-state index contributed by atoms with van der Waals surface area (Å²) in [6, 6.07) is 0. The molecule has 1 heterocycles. The van der Waals surface area contributed by atoms with Crippen LogP contribution in [0.2, 0.25) is 0 Å². The molecule has 1 aliphatic heterocycles. The van der Waals surface area contributed by atoms with E-state index in [-0.39, 0.29) is 5.41 Å². The van der Waals surface area contributed by atoms with Crippen molar-refractivity contribution in [2.45, 2.75) is 98.8 Å². The lowest BCUT2D eigenvalue weighted by molar-refractivity contribution is -0.473. The fourth-order valence-corrected chi connectivity index (χ4v) is 8.56. The van der Waals surface area contributed by atoms with Crippen LogP contribution >= 0.6 is 0 Å². The van der Waals surface area contributed by atoms with Gasteiger partial charge in [-0.2, -0.15) is 0 Å². The Bertz CT molecular complexity index is 659. The van der Waals surface area contributed by atoms with Gasteiger partial charge in [0.25, 0.3) is 0 Å². The van der Waals surface area contributed by atoms with E-state index in [1.54, 1.807) is 0 Å². The minimum Gasteiger partial charge on any atom is -0.624 e. The van der Waals surface area contributed by atoms with E-state index in [2.05, 4.69) is 40.7 Å². The van der Waals surface area contributed by atoms with Gasteiger partial charge in [0, 0.05) is 12.8 Å². The zero-order chi connectivity index (χ0) is 20.1. The van der Waals surface area contributed by atoms with Crippen LogP contribution in [0.4, 0.5) is 0 Å². The van der Waals surface area contributed by atoms with E-state index >= 15 is 0 Å². The number of rotatable bonds is 4. The minimum atomic E-state index is 0.206. The molecule has 0 aromatic rings. The molecule has 3 fully saturated rings. The Balaban J connectivity index is 1.52. The molecular formula is C26H43NO. The first-order valence-electron chi connectivity index (χ1n) is 12.2. The first kappa shape index (κ1) is 20.5. The summed E-state index contributed by atoms with van der Waals surface area (Å²) < 4.78 is 1.40. The van der Waals surface area contributed by atoms with Crippen LogP contribution in [0.25, 0.3) is 0 Å². The summed E-state index contributed by atoms with van der Waals surface area (Å²) in [5.74, 6) is 4.29. The SMILES string of the molecule is CC(C)=CCC[C@H](C)[C@H]1CC[C@H]2[C@@H]3CCC4=[N+]([O-])CCC[C@]4(C)[C@H]3CC[C@]12C. The van der Waals surface area contributed by atoms with Crippen LogP contribution in [0, 0.1) is 45.6 Å². The van der Waals surface area contributed by atoms with E-state index in [0.29, 0.717) is 5.41 Å². The highest BCUT2D eigenvalue weighted by Gasteiger charge is 2.61. The molecule has 0 aromatic heterocycles. The summed E-state index contributed by atoms with van der Waals surface area (Å²) in [5, 5.41) is 12.6. The molecule has 4 aliphatic rings. The second kappa shape index (κ2) is 7.47. The van der Waals surface area contributed by atoms with Crippen molar-refractivity contribution >= 4 is 5.71 Å². The maximum atomic E-state index is 12.6. The van der Waals surface area contributed by atoms with E-state index in [1.807, 2.05) is 0 Å². The number of hydroxylamine groups is 1. The number of nitrogens with zero attached hydrogens (tertiary/aromatic N) is 1. The maximum absolute atomic E-state index is 12.6. The monoisotopic (exact) mass is 385 g/mol. The van der Waals surface area contributed by atoms with E-state index in [9.17, 15) is 5.21 Å². The Hall–Kier alpha value is -0.790. The van der Waals surface area contributed by atoms with Gasteiger partial charge >= 0.3 is 0 Å². The quantitative estimate of drug-likeness (QED) is 0.291. The lowest BCUT2D eigenvalue weighted by Gasteiger charge is -2.57. The molecular weight excluding hydrogens is 342 g/mol. The third-order valence-electron chi connectivity index (χ3n) is 9.92. The zero-order valence-electron chi connectivity index (χ0n) is 19.1. The van der Waals surface area contributed by atoms with Crippen molar-refractivity contribution in [3.8, 4) is 0 Å². The molecule has 0 N–H and O–H groups in total. The fraction of sp³-hybridized carbons (Fsp3) is 0.885.